The number of para-hydroxylation sites is 2. The molecule has 19 heavy (non-hydrogen) atoms. The molecule has 1 heterocycles. The van der Waals surface area contributed by atoms with Crippen molar-refractivity contribution in [1.82, 2.24) is 4.57 Å². The summed E-state index contributed by atoms with van der Waals surface area (Å²) in [6.07, 6.45) is 0.388. The molecule has 0 N–H and O–H groups in total. The smallest absolute Gasteiger partial charge is 0.307 e. The zero-order valence-corrected chi connectivity index (χ0v) is 10.8. The fourth-order valence-electron chi connectivity index (χ4n) is 2.55. The second-order valence-electron chi connectivity index (χ2n) is 4.51. The molecule has 1 aromatic heterocycles. The molecule has 2 aromatic carbocycles. The van der Waals surface area contributed by atoms with Gasteiger partial charge in [-0.15, -0.1) is 0 Å². The van der Waals surface area contributed by atoms with Crippen molar-refractivity contribution >= 4 is 27.8 Å². The highest BCUT2D eigenvalue weighted by molar-refractivity contribution is 6.07. The van der Waals surface area contributed by atoms with Gasteiger partial charge in [0, 0.05) is 28.4 Å². The van der Waals surface area contributed by atoms with E-state index in [1.54, 1.807) is 0 Å². The molecule has 0 aliphatic carbocycles. The predicted octanol–water partition coefficient (Wildman–Crippen LogP) is 3.36. The predicted molar refractivity (Wildman–Crippen MR) is 76.1 cm³/mol. The Labute approximate surface area is 111 Å². The lowest BCUT2D eigenvalue weighted by Gasteiger charge is -2.06. The fraction of sp³-hybridized carbons (Fsp3) is 0.188. The van der Waals surface area contributed by atoms with E-state index in [0.29, 0.717) is 13.0 Å². The Bertz CT molecular complexity index is 689. The quantitative estimate of drug-likeness (QED) is 0.670. The van der Waals surface area contributed by atoms with Crippen molar-refractivity contribution in [3.8, 4) is 0 Å². The summed E-state index contributed by atoms with van der Waals surface area (Å²) in [5.74, 6) is -0.179. The standard InChI is InChI=1S/C16H15NO2/c1-19-16(18)10-11-17-14-8-4-2-6-12(14)13-7-3-5-9-15(13)17/h2-9H,10-11H2,1H3. The molecule has 0 bridgehead atoms. The highest BCUT2D eigenvalue weighted by Crippen LogP contribution is 2.28. The molecule has 3 nitrogen and oxygen atoms in total. The van der Waals surface area contributed by atoms with Crippen LogP contribution in [0.2, 0.25) is 0 Å². The van der Waals surface area contributed by atoms with Crippen molar-refractivity contribution in [3.05, 3.63) is 48.5 Å². The molecule has 3 rings (SSSR count). The molecular weight excluding hydrogens is 238 g/mol. The summed E-state index contributed by atoms with van der Waals surface area (Å²) < 4.78 is 6.90. The van der Waals surface area contributed by atoms with Crippen LogP contribution in [-0.4, -0.2) is 17.6 Å². The Morgan fingerprint density at radius 2 is 1.53 bits per heavy atom. The van der Waals surface area contributed by atoms with Gasteiger partial charge in [-0.25, -0.2) is 0 Å². The molecule has 0 fully saturated rings. The van der Waals surface area contributed by atoms with Gasteiger partial charge < -0.3 is 9.30 Å². The molecule has 0 atom stereocenters. The first-order valence-electron chi connectivity index (χ1n) is 6.34. The Balaban J connectivity index is 2.16. The van der Waals surface area contributed by atoms with Gasteiger partial charge in [-0.05, 0) is 12.1 Å². The molecule has 3 aromatic rings. The molecule has 3 heteroatoms. The van der Waals surface area contributed by atoms with E-state index in [1.165, 1.54) is 17.9 Å². The van der Waals surface area contributed by atoms with E-state index in [4.69, 9.17) is 4.74 Å². The number of hydrogen-bond acceptors (Lipinski definition) is 2. The zero-order valence-electron chi connectivity index (χ0n) is 10.8. The van der Waals surface area contributed by atoms with E-state index in [2.05, 4.69) is 28.8 Å². The number of methoxy groups -OCH3 is 1. The topological polar surface area (TPSA) is 31.2 Å². The number of carbonyl (C=O) groups excluding carboxylic acids is 1. The minimum atomic E-state index is -0.179. The number of esters is 1. The molecule has 0 radical (unpaired) electrons. The summed E-state index contributed by atoms with van der Waals surface area (Å²) in [5.41, 5.74) is 2.32. The van der Waals surface area contributed by atoms with E-state index in [1.807, 2.05) is 24.3 Å². The minimum Gasteiger partial charge on any atom is -0.469 e. The van der Waals surface area contributed by atoms with Gasteiger partial charge >= 0.3 is 5.97 Å². The van der Waals surface area contributed by atoms with Crippen molar-refractivity contribution < 1.29 is 9.53 Å². The van der Waals surface area contributed by atoms with E-state index in [9.17, 15) is 4.79 Å². The van der Waals surface area contributed by atoms with Gasteiger partial charge in [0.25, 0.3) is 0 Å². The fourth-order valence-corrected chi connectivity index (χ4v) is 2.55. The maximum absolute atomic E-state index is 11.3. The van der Waals surface area contributed by atoms with Crippen LogP contribution in [0, 0.1) is 0 Å². The van der Waals surface area contributed by atoms with E-state index < -0.39 is 0 Å². The molecular formula is C16H15NO2. The van der Waals surface area contributed by atoms with Gasteiger partial charge in [0.05, 0.1) is 13.5 Å². The molecule has 0 saturated carbocycles. The van der Waals surface area contributed by atoms with Crippen molar-refractivity contribution in [2.24, 2.45) is 0 Å². The number of hydrogen-bond donors (Lipinski definition) is 0. The summed E-state index contributed by atoms with van der Waals surface area (Å²) in [7, 11) is 1.42. The third kappa shape index (κ3) is 1.97. The van der Waals surface area contributed by atoms with Gasteiger partial charge in [0.15, 0.2) is 0 Å². The van der Waals surface area contributed by atoms with Crippen molar-refractivity contribution in [2.45, 2.75) is 13.0 Å². The third-order valence-electron chi connectivity index (χ3n) is 3.45. The molecule has 0 amide bonds. The average molecular weight is 253 g/mol. The summed E-state index contributed by atoms with van der Waals surface area (Å²) in [5, 5.41) is 2.45. The second kappa shape index (κ2) is 4.76. The number of nitrogens with zero attached hydrogens (tertiary/aromatic N) is 1. The molecule has 0 unspecified atom stereocenters. The lowest BCUT2D eigenvalue weighted by molar-refractivity contribution is -0.140. The first kappa shape index (κ1) is 11.8. The maximum Gasteiger partial charge on any atom is 0.307 e. The third-order valence-corrected chi connectivity index (χ3v) is 3.45. The molecule has 0 aliphatic heterocycles. The molecule has 96 valence electrons. The number of carbonyl (C=O) groups is 1. The summed E-state index contributed by atoms with van der Waals surface area (Å²) in [4.78, 5) is 11.3. The van der Waals surface area contributed by atoms with Crippen LogP contribution >= 0.6 is 0 Å². The number of aromatic nitrogens is 1. The molecule has 0 aliphatic rings. The van der Waals surface area contributed by atoms with E-state index in [0.717, 1.165) is 11.0 Å². The van der Waals surface area contributed by atoms with Crippen LogP contribution in [0.3, 0.4) is 0 Å². The first-order valence-corrected chi connectivity index (χ1v) is 6.34. The second-order valence-corrected chi connectivity index (χ2v) is 4.51. The summed E-state index contributed by atoms with van der Waals surface area (Å²) in [6.45, 7) is 0.640. The number of ether oxygens (including phenoxy) is 1. The van der Waals surface area contributed by atoms with Gasteiger partial charge in [-0.3, -0.25) is 4.79 Å². The highest BCUT2D eigenvalue weighted by Gasteiger charge is 2.10. The van der Waals surface area contributed by atoms with Crippen LogP contribution in [0.1, 0.15) is 6.42 Å². The Morgan fingerprint density at radius 1 is 1.00 bits per heavy atom. The Hall–Kier alpha value is -2.29. The number of fused-ring (bicyclic) bond motifs is 3. The maximum atomic E-state index is 11.3. The largest absolute Gasteiger partial charge is 0.469 e. The molecule has 0 saturated heterocycles. The van der Waals surface area contributed by atoms with Gasteiger partial charge in [0.2, 0.25) is 0 Å². The zero-order chi connectivity index (χ0) is 13.2. The van der Waals surface area contributed by atoms with Crippen molar-refractivity contribution in [3.63, 3.8) is 0 Å². The first-order chi connectivity index (χ1) is 9.31. The monoisotopic (exact) mass is 253 g/mol. The highest BCUT2D eigenvalue weighted by atomic mass is 16.5. The van der Waals surface area contributed by atoms with E-state index in [-0.39, 0.29) is 5.97 Å². The summed E-state index contributed by atoms with van der Waals surface area (Å²) >= 11 is 0. The number of benzene rings is 2. The SMILES string of the molecule is COC(=O)CCn1c2ccccc2c2ccccc21. The van der Waals surface area contributed by atoms with Crippen molar-refractivity contribution in [2.75, 3.05) is 7.11 Å². The van der Waals surface area contributed by atoms with E-state index >= 15 is 0 Å². The van der Waals surface area contributed by atoms with Crippen LogP contribution in [0.5, 0.6) is 0 Å². The normalized spacial score (nSPS) is 11.0. The number of aryl methyl sites for hydroxylation is 1. The minimum absolute atomic E-state index is 0.179. The van der Waals surface area contributed by atoms with Crippen LogP contribution in [-0.2, 0) is 16.1 Å². The average Bonchev–Trinajstić information content (AvgIpc) is 2.79. The van der Waals surface area contributed by atoms with Crippen LogP contribution < -0.4 is 0 Å². The van der Waals surface area contributed by atoms with Crippen molar-refractivity contribution in [1.29, 1.82) is 0 Å². The number of rotatable bonds is 3. The Kier molecular flexibility index (Phi) is 2.95. The Morgan fingerprint density at radius 3 is 2.05 bits per heavy atom. The van der Waals surface area contributed by atoms with Crippen LogP contribution in [0.4, 0.5) is 0 Å². The lowest BCUT2D eigenvalue weighted by Crippen LogP contribution is -2.06. The van der Waals surface area contributed by atoms with Crippen LogP contribution in [0.15, 0.2) is 48.5 Å². The van der Waals surface area contributed by atoms with Gasteiger partial charge in [0.1, 0.15) is 0 Å². The molecule has 0 spiro atoms. The summed E-state index contributed by atoms with van der Waals surface area (Å²) in [6, 6.07) is 16.5. The lowest BCUT2D eigenvalue weighted by atomic mass is 10.2. The van der Waals surface area contributed by atoms with Crippen LogP contribution in [0.25, 0.3) is 21.8 Å². The van der Waals surface area contributed by atoms with Gasteiger partial charge in [-0.2, -0.15) is 0 Å². The van der Waals surface area contributed by atoms with Gasteiger partial charge in [-0.1, -0.05) is 36.4 Å².